The Labute approximate surface area is 110 Å². The summed E-state index contributed by atoms with van der Waals surface area (Å²) < 4.78 is 1.07. The molecule has 94 valence electrons. The van der Waals surface area contributed by atoms with Crippen LogP contribution in [0.2, 0.25) is 0 Å². The summed E-state index contributed by atoms with van der Waals surface area (Å²) in [5.74, 6) is -0.750. The van der Waals surface area contributed by atoms with Crippen molar-refractivity contribution in [3.05, 3.63) is 34.3 Å². The van der Waals surface area contributed by atoms with Crippen LogP contribution in [0.1, 0.15) is 25.8 Å². The highest BCUT2D eigenvalue weighted by Crippen LogP contribution is 2.20. The summed E-state index contributed by atoms with van der Waals surface area (Å²) in [7, 11) is 0. The summed E-state index contributed by atoms with van der Waals surface area (Å²) in [6.45, 7) is 4.93. The van der Waals surface area contributed by atoms with Crippen LogP contribution in [0.3, 0.4) is 0 Å². The van der Waals surface area contributed by atoms with Crippen LogP contribution in [0.15, 0.2) is 28.7 Å². The van der Waals surface area contributed by atoms with Gasteiger partial charge < -0.3 is 10.4 Å². The zero-order valence-electron chi connectivity index (χ0n) is 10.2. The Bertz CT molecular complexity index is 391. The van der Waals surface area contributed by atoms with Crippen molar-refractivity contribution >= 4 is 21.9 Å². The van der Waals surface area contributed by atoms with Crippen molar-refractivity contribution < 1.29 is 9.90 Å². The molecule has 3 nitrogen and oxygen atoms in total. The number of rotatable bonds is 6. The van der Waals surface area contributed by atoms with Gasteiger partial charge in [0.25, 0.3) is 0 Å². The number of aliphatic carboxylic acids is 1. The van der Waals surface area contributed by atoms with E-state index in [0.29, 0.717) is 13.0 Å². The van der Waals surface area contributed by atoms with Gasteiger partial charge in [-0.3, -0.25) is 4.79 Å². The van der Waals surface area contributed by atoms with E-state index >= 15 is 0 Å². The van der Waals surface area contributed by atoms with Gasteiger partial charge in [0.15, 0.2) is 0 Å². The molecule has 1 rings (SSSR count). The quantitative estimate of drug-likeness (QED) is 0.794. The van der Waals surface area contributed by atoms with Crippen LogP contribution >= 0.6 is 15.9 Å². The first kappa shape index (κ1) is 14.2. The Morgan fingerprint density at radius 1 is 1.41 bits per heavy atom. The van der Waals surface area contributed by atoms with Gasteiger partial charge in [-0.05, 0) is 38.4 Å². The number of hydrogen-bond acceptors (Lipinski definition) is 2. The number of hydrogen-bond donors (Lipinski definition) is 2. The molecule has 0 aliphatic heterocycles. The van der Waals surface area contributed by atoms with Gasteiger partial charge in [-0.1, -0.05) is 34.1 Å². The van der Waals surface area contributed by atoms with E-state index < -0.39 is 11.4 Å². The molecular weight excluding hydrogens is 282 g/mol. The topological polar surface area (TPSA) is 49.3 Å². The smallest absolute Gasteiger partial charge is 0.309 e. The summed E-state index contributed by atoms with van der Waals surface area (Å²) in [6, 6.07) is 8.00. The fourth-order valence-corrected chi connectivity index (χ4v) is 1.80. The Balaban J connectivity index is 2.35. The molecule has 1 aromatic carbocycles. The molecule has 0 unspecified atom stereocenters. The van der Waals surface area contributed by atoms with Gasteiger partial charge in [0.05, 0.1) is 5.41 Å². The van der Waals surface area contributed by atoms with Crippen LogP contribution in [0.25, 0.3) is 0 Å². The molecule has 0 spiro atoms. The molecule has 0 aromatic heterocycles. The molecule has 0 saturated carbocycles. The zero-order chi connectivity index (χ0) is 12.9. The van der Waals surface area contributed by atoms with Crippen molar-refractivity contribution in [2.24, 2.45) is 5.41 Å². The molecule has 0 heterocycles. The second kappa shape index (κ2) is 6.17. The second-order valence-electron chi connectivity index (χ2n) is 4.71. The lowest BCUT2D eigenvalue weighted by Gasteiger charge is -2.19. The van der Waals surface area contributed by atoms with E-state index in [0.717, 1.165) is 11.0 Å². The monoisotopic (exact) mass is 299 g/mol. The van der Waals surface area contributed by atoms with E-state index in [2.05, 4.69) is 21.2 Å². The molecule has 0 radical (unpaired) electrons. The number of carboxylic acid groups (broad SMARTS) is 1. The zero-order valence-corrected chi connectivity index (χ0v) is 11.8. The highest BCUT2D eigenvalue weighted by Gasteiger charge is 2.25. The molecule has 2 N–H and O–H groups in total. The molecule has 0 atom stereocenters. The third-order valence-electron chi connectivity index (χ3n) is 2.78. The van der Waals surface area contributed by atoms with Gasteiger partial charge >= 0.3 is 5.97 Å². The first-order chi connectivity index (χ1) is 7.93. The molecule has 4 heteroatoms. The number of halogens is 1. The van der Waals surface area contributed by atoms with E-state index in [9.17, 15) is 4.79 Å². The van der Waals surface area contributed by atoms with Crippen molar-refractivity contribution in [2.75, 3.05) is 6.54 Å². The van der Waals surface area contributed by atoms with Gasteiger partial charge in [-0.2, -0.15) is 0 Å². The molecule has 17 heavy (non-hydrogen) atoms. The Hall–Kier alpha value is -0.870. The van der Waals surface area contributed by atoms with Crippen molar-refractivity contribution in [3.63, 3.8) is 0 Å². The maximum atomic E-state index is 10.9. The molecule has 0 aliphatic rings. The lowest BCUT2D eigenvalue weighted by molar-refractivity contribution is -0.147. The van der Waals surface area contributed by atoms with E-state index in [1.807, 2.05) is 24.3 Å². The van der Waals surface area contributed by atoms with Crippen LogP contribution in [-0.2, 0) is 11.3 Å². The maximum absolute atomic E-state index is 10.9. The standard InChI is InChI=1S/C13H18BrNO2/c1-13(2,12(16)17)7-8-15-9-10-5-3-4-6-11(10)14/h3-6,15H,7-9H2,1-2H3,(H,16,17). The summed E-state index contributed by atoms with van der Waals surface area (Å²) in [6.07, 6.45) is 0.618. The number of carbonyl (C=O) groups is 1. The lowest BCUT2D eigenvalue weighted by atomic mass is 9.90. The Kier molecular flexibility index (Phi) is 5.15. The third kappa shape index (κ3) is 4.48. The fraction of sp³-hybridized carbons (Fsp3) is 0.462. The minimum Gasteiger partial charge on any atom is -0.481 e. The van der Waals surface area contributed by atoms with Crippen LogP contribution in [0.4, 0.5) is 0 Å². The van der Waals surface area contributed by atoms with Gasteiger partial charge in [0.1, 0.15) is 0 Å². The largest absolute Gasteiger partial charge is 0.481 e. The molecule has 0 saturated heterocycles. The second-order valence-corrected chi connectivity index (χ2v) is 5.56. The predicted molar refractivity (Wildman–Crippen MR) is 71.9 cm³/mol. The van der Waals surface area contributed by atoms with E-state index in [4.69, 9.17) is 5.11 Å². The Morgan fingerprint density at radius 2 is 2.06 bits per heavy atom. The number of carboxylic acids is 1. The van der Waals surface area contributed by atoms with Crippen LogP contribution in [0.5, 0.6) is 0 Å². The molecule has 1 aromatic rings. The first-order valence-electron chi connectivity index (χ1n) is 5.61. The predicted octanol–water partition coefficient (Wildman–Crippen LogP) is 3.04. The minimum absolute atomic E-state index is 0.618. The summed E-state index contributed by atoms with van der Waals surface area (Å²) >= 11 is 3.48. The minimum atomic E-state index is -0.750. The van der Waals surface area contributed by atoms with Crippen LogP contribution in [-0.4, -0.2) is 17.6 Å². The molecule has 0 fully saturated rings. The first-order valence-corrected chi connectivity index (χ1v) is 6.40. The molecule has 0 amide bonds. The molecule has 0 aliphatic carbocycles. The molecule has 0 bridgehead atoms. The van der Waals surface area contributed by atoms with Gasteiger partial charge in [0.2, 0.25) is 0 Å². The summed E-state index contributed by atoms with van der Waals surface area (Å²) in [4.78, 5) is 10.9. The number of nitrogens with one attached hydrogen (secondary N) is 1. The average molecular weight is 300 g/mol. The Morgan fingerprint density at radius 3 is 2.65 bits per heavy atom. The van der Waals surface area contributed by atoms with E-state index in [1.165, 1.54) is 5.56 Å². The van der Waals surface area contributed by atoms with Crippen molar-refractivity contribution in [1.82, 2.24) is 5.32 Å². The van der Waals surface area contributed by atoms with Gasteiger partial charge in [-0.25, -0.2) is 0 Å². The molecular formula is C13H18BrNO2. The van der Waals surface area contributed by atoms with Crippen LogP contribution in [0, 0.1) is 5.41 Å². The van der Waals surface area contributed by atoms with Crippen molar-refractivity contribution in [1.29, 1.82) is 0 Å². The average Bonchev–Trinajstić information content (AvgIpc) is 2.26. The lowest BCUT2D eigenvalue weighted by Crippen LogP contribution is -2.28. The van der Waals surface area contributed by atoms with Crippen molar-refractivity contribution in [3.8, 4) is 0 Å². The van der Waals surface area contributed by atoms with E-state index in [1.54, 1.807) is 13.8 Å². The normalized spacial score (nSPS) is 11.5. The highest BCUT2D eigenvalue weighted by molar-refractivity contribution is 9.10. The summed E-state index contributed by atoms with van der Waals surface area (Å²) in [5, 5.41) is 12.2. The van der Waals surface area contributed by atoms with Gasteiger partial charge in [0, 0.05) is 11.0 Å². The third-order valence-corrected chi connectivity index (χ3v) is 3.55. The number of benzene rings is 1. The van der Waals surface area contributed by atoms with Crippen molar-refractivity contribution in [2.45, 2.75) is 26.8 Å². The van der Waals surface area contributed by atoms with Crippen LogP contribution < -0.4 is 5.32 Å². The van der Waals surface area contributed by atoms with Gasteiger partial charge in [-0.15, -0.1) is 0 Å². The maximum Gasteiger partial charge on any atom is 0.309 e. The van der Waals surface area contributed by atoms with E-state index in [-0.39, 0.29) is 0 Å². The SMILES string of the molecule is CC(C)(CCNCc1ccccc1Br)C(=O)O. The summed E-state index contributed by atoms with van der Waals surface area (Å²) in [5.41, 5.74) is 0.515. The highest BCUT2D eigenvalue weighted by atomic mass is 79.9. The fourth-order valence-electron chi connectivity index (χ4n) is 1.37.